The summed E-state index contributed by atoms with van der Waals surface area (Å²) in [5, 5.41) is 0. The van der Waals surface area contributed by atoms with Gasteiger partial charge in [0.15, 0.2) is 5.78 Å². The number of carbonyl (C=O) groups excluding carboxylic acids is 3. The minimum absolute atomic E-state index is 0.283. The number of ketones is 1. The van der Waals surface area contributed by atoms with Crippen LogP contribution in [0.5, 0.6) is 5.75 Å². The molecule has 0 radical (unpaired) electrons. The van der Waals surface area contributed by atoms with E-state index in [0.29, 0.717) is 5.75 Å². The lowest BCUT2D eigenvalue weighted by Crippen LogP contribution is -2.55. The van der Waals surface area contributed by atoms with Crippen LogP contribution in [0, 0.1) is 11.3 Å². The molecule has 1 saturated heterocycles. The summed E-state index contributed by atoms with van der Waals surface area (Å²) in [5.74, 6) is -3.07. The molecule has 132 valence electrons. The Morgan fingerprint density at radius 2 is 1.80 bits per heavy atom. The summed E-state index contributed by atoms with van der Waals surface area (Å²) in [6, 6.07) is 6.61. The van der Waals surface area contributed by atoms with Gasteiger partial charge in [0, 0.05) is 0 Å². The lowest BCUT2D eigenvalue weighted by molar-refractivity contribution is -0.173. The SMILES string of the molecule is C/C=C\[C@H]1O[C@@H]2Oc3ccccc3C(=O)[C@@H]2C1(C(=O)OC)C(=O)OC. The molecule has 3 atom stereocenters. The first-order chi connectivity index (χ1) is 12.0. The number of carbonyl (C=O) groups is 3. The molecule has 0 unspecified atom stereocenters. The maximum Gasteiger partial charge on any atom is 0.327 e. The second-order valence-corrected chi connectivity index (χ2v) is 5.76. The van der Waals surface area contributed by atoms with Gasteiger partial charge in [0.25, 0.3) is 0 Å². The van der Waals surface area contributed by atoms with Gasteiger partial charge in [-0.25, -0.2) is 0 Å². The van der Waals surface area contributed by atoms with Gasteiger partial charge in [-0.05, 0) is 19.1 Å². The van der Waals surface area contributed by atoms with E-state index < -0.39 is 41.4 Å². The molecule has 1 aromatic carbocycles. The van der Waals surface area contributed by atoms with E-state index in [1.807, 2.05) is 0 Å². The molecule has 0 spiro atoms. The number of esters is 2. The fourth-order valence-corrected chi connectivity index (χ4v) is 3.49. The van der Waals surface area contributed by atoms with Crippen molar-refractivity contribution in [2.75, 3.05) is 14.2 Å². The van der Waals surface area contributed by atoms with Gasteiger partial charge in [0.2, 0.25) is 11.7 Å². The molecular weight excluding hydrogens is 328 g/mol. The van der Waals surface area contributed by atoms with Gasteiger partial charge in [-0.2, -0.15) is 0 Å². The lowest BCUT2D eigenvalue weighted by atomic mass is 9.68. The fourth-order valence-electron chi connectivity index (χ4n) is 3.49. The fraction of sp³-hybridized carbons (Fsp3) is 0.389. The quantitative estimate of drug-likeness (QED) is 0.466. The van der Waals surface area contributed by atoms with Crippen molar-refractivity contribution < 1.29 is 33.3 Å². The molecule has 2 aliphatic rings. The highest BCUT2D eigenvalue weighted by molar-refractivity contribution is 6.12. The topological polar surface area (TPSA) is 88.1 Å². The number of benzene rings is 1. The van der Waals surface area contributed by atoms with E-state index >= 15 is 0 Å². The molecule has 2 aliphatic heterocycles. The summed E-state index contributed by atoms with van der Waals surface area (Å²) in [5.41, 5.74) is -1.68. The van der Waals surface area contributed by atoms with Crippen molar-refractivity contribution in [1.29, 1.82) is 0 Å². The van der Waals surface area contributed by atoms with Crippen molar-refractivity contribution in [3.05, 3.63) is 42.0 Å². The first kappa shape index (κ1) is 17.2. The van der Waals surface area contributed by atoms with Gasteiger partial charge in [0.1, 0.15) is 17.8 Å². The number of fused-ring (bicyclic) bond motifs is 2. The van der Waals surface area contributed by atoms with Crippen LogP contribution in [0.1, 0.15) is 17.3 Å². The monoisotopic (exact) mass is 346 g/mol. The first-order valence-corrected chi connectivity index (χ1v) is 7.77. The molecule has 2 heterocycles. The van der Waals surface area contributed by atoms with Gasteiger partial charge < -0.3 is 18.9 Å². The summed E-state index contributed by atoms with van der Waals surface area (Å²) in [7, 11) is 2.30. The van der Waals surface area contributed by atoms with E-state index in [1.165, 1.54) is 6.08 Å². The predicted molar refractivity (Wildman–Crippen MR) is 84.8 cm³/mol. The molecule has 1 aromatic rings. The number of rotatable bonds is 3. The standard InChI is InChI=1S/C18H18O7/c1-4-7-12-18(16(20)22-2,17(21)23-3)13-14(19)10-8-5-6-9-11(10)24-15(13)25-12/h4-9,12-13,15H,1-3H3/b7-4-/t12-,13+,15+/m1/s1. The van der Waals surface area contributed by atoms with Gasteiger partial charge in [-0.3, -0.25) is 14.4 Å². The number of allylic oxidation sites excluding steroid dienone is 1. The molecular formula is C18H18O7. The molecule has 0 saturated carbocycles. The van der Waals surface area contributed by atoms with Crippen LogP contribution in [-0.2, 0) is 23.8 Å². The van der Waals surface area contributed by atoms with E-state index in [-0.39, 0.29) is 5.56 Å². The van der Waals surface area contributed by atoms with Crippen molar-refractivity contribution >= 4 is 17.7 Å². The summed E-state index contributed by atoms with van der Waals surface area (Å²) in [6.45, 7) is 1.71. The van der Waals surface area contributed by atoms with Crippen molar-refractivity contribution in [2.45, 2.75) is 19.3 Å². The molecule has 0 bridgehead atoms. The Labute approximate surface area is 144 Å². The number of ether oxygens (including phenoxy) is 4. The maximum absolute atomic E-state index is 13.1. The Kier molecular flexibility index (Phi) is 4.34. The summed E-state index contributed by atoms with van der Waals surface area (Å²) in [6.07, 6.45) is 1.00. The van der Waals surface area contributed by atoms with Crippen molar-refractivity contribution in [1.82, 2.24) is 0 Å². The summed E-state index contributed by atoms with van der Waals surface area (Å²) < 4.78 is 21.2. The summed E-state index contributed by atoms with van der Waals surface area (Å²) >= 11 is 0. The molecule has 0 N–H and O–H groups in total. The van der Waals surface area contributed by atoms with Crippen molar-refractivity contribution in [3.8, 4) is 5.75 Å². The zero-order chi connectivity index (χ0) is 18.2. The Morgan fingerprint density at radius 1 is 1.16 bits per heavy atom. The molecule has 7 heteroatoms. The average molecular weight is 346 g/mol. The maximum atomic E-state index is 13.1. The van der Waals surface area contributed by atoms with Gasteiger partial charge >= 0.3 is 11.9 Å². The van der Waals surface area contributed by atoms with Crippen molar-refractivity contribution in [2.24, 2.45) is 11.3 Å². The number of hydrogen-bond acceptors (Lipinski definition) is 7. The molecule has 0 amide bonds. The number of Topliss-reactive ketones (excluding diaryl/α,β-unsaturated/α-hetero) is 1. The number of methoxy groups -OCH3 is 2. The van der Waals surface area contributed by atoms with Crippen LogP contribution in [0.15, 0.2) is 36.4 Å². The van der Waals surface area contributed by atoms with E-state index in [1.54, 1.807) is 37.3 Å². The second kappa shape index (κ2) is 6.33. The minimum Gasteiger partial charge on any atom is -0.468 e. The Bertz CT molecular complexity index is 736. The van der Waals surface area contributed by atoms with Crippen LogP contribution in [0.25, 0.3) is 0 Å². The lowest BCUT2D eigenvalue weighted by Gasteiger charge is -2.33. The largest absolute Gasteiger partial charge is 0.468 e. The Hall–Kier alpha value is -2.67. The second-order valence-electron chi connectivity index (χ2n) is 5.76. The van der Waals surface area contributed by atoms with E-state index in [9.17, 15) is 14.4 Å². The van der Waals surface area contributed by atoms with Gasteiger partial charge in [-0.15, -0.1) is 0 Å². The molecule has 1 fully saturated rings. The highest BCUT2D eigenvalue weighted by Crippen LogP contribution is 2.51. The van der Waals surface area contributed by atoms with Crippen LogP contribution in [-0.4, -0.2) is 44.3 Å². The third-order valence-corrected chi connectivity index (χ3v) is 4.58. The molecule has 7 nitrogen and oxygen atoms in total. The van der Waals surface area contributed by atoms with Crippen molar-refractivity contribution in [3.63, 3.8) is 0 Å². The highest BCUT2D eigenvalue weighted by atomic mass is 16.7. The smallest absolute Gasteiger partial charge is 0.327 e. The van der Waals surface area contributed by atoms with Crippen LogP contribution >= 0.6 is 0 Å². The van der Waals surface area contributed by atoms with Crippen LogP contribution in [0.2, 0.25) is 0 Å². The normalized spacial score (nSPS) is 26.5. The van der Waals surface area contributed by atoms with Crippen LogP contribution < -0.4 is 4.74 Å². The minimum atomic E-state index is -1.97. The van der Waals surface area contributed by atoms with Crippen LogP contribution in [0.3, 0.4) is 0 Å². The van der Waals surface area contributed by atoms with E-state index in [2.05, 4.69) is 0 Å². The Morgan fingerprint density at radius 3 is 2.40 bits per heavy atom. The zero-order valence-electron chi connectivity index (χ0n) is 14.1. The van der Waals surface area contributed by atoms with E-state index in [0.717, 1.165) is 14.2 Å². The predicted octanol–water partition coefficient (Wildman–Crippen LogP) is 1.51. The number of para-hydroxylation sites is 1. The third kappa shape index (κ3) is 2.26. The third-order valence-electron chi connectivity index (χ3n) is 4.58. The molecule has 0 aromatic heterocycles. The molecule has 25 heavy (non-hydrogen) atoms. The zero-order valence-corrected chi connectivity index (χ0v) is 14.1. The van der Waals surface area contributed by atoms with Crippen LogP contribution in [0.4, 0.5) is 0 Å². The first-order valence-electron chi connectivity index (χ1n) is 7.77. The Balaban J connectivity index is 2.21. The van der Waals surface area contributed by atoms with Gasteiger partial charge in [0.05, 0.1) is 19.8 Å². The molecule has 0 aliphatic carbocycles. The van der Waals surface area contributed by atoms with E-state index in [4.69, 9.17) is 18.9 Å². The summed E-state index contributed by atoms with van der Waals surface area (Å²) in [4.78, 5) is 38.5. The average Bonchev–Trinajstić information content (AvgIpc) is 2.95. The number of hydrogen-bond donors (Lipinski definition) is 0. The van der Waals surface area contributed by atoms with Gasteiger partial charge in [-0.1, -0.05) is 24.3 Å². The molecule has 3 rings (SSSR count). The highest BCUT2D eigenvalue weighted by Gasteiger charge is 2.71.